The van der Waals surface area contributed by atoms with Gasteiger partial charge in [-0.2, -0.15) is 0 Å². The van der Waals surface area contributed by atoms with E-state index in [1.807, 2.05) is 25.2 Å². The van der Waals surface area contributed by atoms with E-state index < -0.39 is 0 Å². The van der Waals surface area contributed by atoms with Crippen molar-refractivity contribution in [3.05, 3.63) is 64.1 Å². The second-order valence-electron chi connectivity index (χ2n) is 4.26. The minimum absolute atomic E-state index is 0.220. The quantitative estimate of drug-likeness (QED) is 0.857. The molecule has 0 saturated carbocycles. The highest BCUT2D eigenvalue weighted by Gasteiger charge is 2.06. The molecule has 0 spiro atoms. The SMILES string of the molecule is CN(Cc1ccncc1)Cc1ccc(F)cc1Br. The van der Waals surface area contributed by atoms with Crippen molar-refractivity contribution in [2.24, 2.45) is 0 Å². The summed E-state index contributed by atoms with van der Waals surface area (Å²) in [5.74, 6) is -0.220. The maximum absolute atomic E-state index is 13.0. The molecule has 2 nitrogen and oxygen atoms in total. The van der Waals surface area contributed by atoms with Gasteiger partial charge >= 0.3 is 0 Å². The van der Waals surface area contributed by atoms with E-state index in [1.54, 1.807) is 12.4 Å². The van der Waals surface area contributed by atoms with Crippen molar-refractivity contribution in [1.82, 2.24) is 9.88 Å². The van der Waals surface area contributed by atoms with Gasteiger partial charge in [0.2, 0.25) is 0 Å². The Morgan fingerprint density at radius 2 is 1.89 bits per heavy atom. The maximum Gasteiger partial charge on any atom is 0.124 e. The Labute approximate surface area is 115 Å². The first kappa shape index (κ1) is 13.2. The van der Waals surface area contributed by atoms with Crippen LogP contribution in [0.1, 0.15) is 11.1 Å². The normalized spacial score (nSPS) is 10.9. The summed E-state index contributed by atoms with van der Waals surface area (Å²) in [5.41, 5.74) is 2.29. The summed E-state index contributed by atoms with van der Waals surface area (Å²) in [6.45, 7) is 1.61. The van der Waals surface area contributed by atoms with Crippen LogP contribution in [-0.4, -0.2) is 16.9 Å². The van der Waals surface area contributed by atoms with Crippen LogP contribution in [0.2, 0.25) is 0 Å². The molecule has 0 amide bonds. The monoisotopic (exact) mass is 308 g/mol. The van der Waals surface area contributed by atoms with Crippen molar-refractivity contribution >= 4 is 15.9 Å². The number of aromatic nitrogens is 1. The lowest BCUT2D eigenvalue weighted by atomic mass is 10.2. The zero-order valence-corrected chi connectivity index (χ0v) is 11.7. The Bertz CT molecular complexity index is 516. The molecule has 0 atom stereocenters. The van der Waals surface area contributed by atoms with Gasteiger partial charge in [0.05, 0.1) is 0 Å². The summed E-state index contributed by atoms with van der Waals surface area (Å²) in [5, 5.41) is 0. The van der Waals surface area contributed by atoms with E-state index in [9.17, 15) is 4.39 Å². The van der Waals surface area contributed by atoms with Crippen LogP contribution in [-0.2, 0) is 13.1 Å². The summed E-state index contributed by atoms with van der Waals surface area (Å²) in [7, 11) is 2.04. The molecule has 0 fully saturated rings. The lowest BCUT2D eigenvalue weighted by molar-refractivity contribution is 0.318. The lowest BCUT2D eigenvalue weighted by Gasteiger charge is -2.17. The average Bonchev–Trinajstić information content (AvgIpc) is 2.34. The minimum Gasteiger partial charge on any atom is -0.298 e. The second-order valence-corrected chi connectivity index (χ2v) is 5.12. The van der Waals surface area contributed by atoms with E-state index in [4.69, 9.17) is 0 Å². The molecule has 1 heterocycles. The molecule has 1 aromatic heterocycles. The summed E-state index contributed by atoms with van der Waals surface area (Å²) in [6, 6.07) is 8.78. The molecule has 2 aromatic rings. The van der Waals surface area contributed by atoms with Crippen LogP contribution in [0.3, 0.4) is 0 Å². The second kappa shape index (κ2) is 6.07. The topological polar surface area (TPSA) is 16.1 Å². The van der Waals surface area contributed by atoms with E-state index in [2.05, 4.69) is 25.8 Å². The molecular weight excluding hydrogens is 295 g/mol. The van der Waals surface area contributed by atoms with Gasteiger partial charge in [0.15, 0.2) is 0 Å². The molecule has 18 heavy (non-hydrogen) atoms. The van der Waals surface area contributed by atoms with Gasteiger partial charge in [-0.05, 0) is 42.4 Å². The molecular formula is C14H14BrFN2. The number of hydrogen-bond acceptors (Lipinski definition) is 2. The van der Waals surface area contributed by atoms with Gasteiger partial charge in [0.1, 0.15) is 5.82 Å². The van der Waals surface area contributed by atoms with E-state index >= 15 is 0 Å². The van der Waals surface area contributed by atoms with E-state index in [0.717, 1.165) is 23.1 Å². The fourth-order valence-electron chi connectivity index (χ4n) is 1.80. The highest BCUT2D eigenvalue weighted by atomic mass is 79.9. The van der Waals surface area contributed by atoms with Crippen LogP contribution in [0.15, 0.2) is 47.2 Å². The highest BCUT2D eigenvalue weighted by molar-refractivity contribution is 9.10. The Morgan fingerprint density at radius 3 is 2.56 bits per heavy atom. The average molecular weight is 309 g/mol. The van der Waals surface area contributed by atoms with Gasteiger partial charge in [0.25, 0.3) is 0 Å². The van der Waals surface area contributed by atoms with Crippen molar-refractivity contribution in [3.8, 4) is 0 Å². The summed E-state index contributed by atoms with van der Waals surface area (Å²) in [6.07, 6.45) is 3.58. The summed E-state index contributed by atoms with van der Waals surface area (Å²) < 4.78 is 13.8. The predicted octanol–water partition coefficient (Wildman–Crippen LogP) is 3.62. The van der Waals surface area contributed by atoms with Gasteiger partial charge in [-0.3, -0.25) is 9.88 Å². The Morgan fingerprint density at radius 1 is 1.17 bits per heavy atom. The first-order valence-electron chi connectivity index (χ1n) is 5.66. The molecule has 4 heteroatoms. The van der Waals surface area contributed by atoms with Crippen molar-refractivity contribution in [3.63, 3.8) is 0 Å². The van der Waals surface area contributed by atoms with Crippen molar-refractivity contribution in [2.75, 3.05) is 7.05 Å². The predicted molar refractivity (Wildman–Crippen MR) is 73.5 cm³/mol. The Kier molecular flexibility index (Phi) is 4.44. The molecule has 0 radical (unpaired) electrons. The molecule has 0 aliphatic heterocycles. The van der Waals surface area contributed by atoms with Crippen LogP contribution in [0.25, 0.3) is 0 Å². The smallest absolute Gasteiger partial charge is 0.124 e. The Hall–Kier alpha value is -1.26. The molecule has 0 unspecified atom stereocenters. The van der Waals surface area contributed by atoms with Crippen LogP contribution >= 0.6 is 15.9 Å². The van der Waals surface area contributed by atoms with Crippen LogP contribution in [0.5, 0.6) is 0 Å². The molecule has 0 aliphatic rings. The highest BCUT2D eigenvalue weighted by Crippen LogP contribution is 2.19. The number of rotatable bonds is 4. The minimum atomic E-state index is -0.220. The maximum atomic E-state index is 13.0. The summed E-state index contributed by atoms with van der Waals surface area (Å²) >= 11 is 3.38. The third-order valence-electron chi connectivity index (χ3n) is 2.66. The third-order valence-corrected chi connectivity index (χ3v) is 3.40. The van der Waals surface area contributed by atoms with E-state index in [-0.39, 0.29) is 5.82 Å². The lowest BCUT2D eigenvalue weighted by Crippen LogP contribution is -2.17. The fourth-order valence-corrected chi connectivity index (χ4v) is 2.27. The molecule has 0 N–H and O–H groups in total. The van der Waals surface area contributed by atoms with E-state index in [1.165, 1.54) is 17.7 Å². The zero-order chi connectivity index (χ0) is 13.0. The summed E-state index contributed by atoms with van der Waals surface area (Å²) in [4.78, 5) is 6.17. The number of nitrogens with zero attached hydrogens (tertiary/aromatic N) is 2. The van der Waals surface area contributed by atoms with Gasteiger partial charge < -0.3 is 0 Å². The largest absolute Gasteiger partial charge is 0.298 e. The van der Waals surface area contributed by atoms with Gasteiger partial charge in [-0.25, -0.2) is 4.39 Å². The van der Waals surface area contributed by atoms with Crippen molar-refractivity contribution in [1.29, 1.82) is 0 Å². The first-order chi connectivity index (χ1) is 8.65. The Balaban J connectivity index is 2.01. The van der Waals surface area contributed by atoms with Crippen LogP contribution in [0.4, 0.5) is 4.39 Å². The number of pyridine rings is 1. The number of halogens is 2. The standard InChI is InChI=1S/C14H14BrFN2/c1-18(9-11-4-6-17-7-5-11)10-12-2-3-13(16)8-14(12)15/h2-8H,9-10H2,1H3. The molecule has 0 saturated heterocycles. The van der Waals surface area contributed by atoms with Gasteiger partial charge in [-0.15, -0.1) is 0 Å². The molecule has 0 aliphatic carbocycles. The van der Waals surface area contributed by atoms with Gasteiger partial charge in [-0.1, -0.05) is 22.0 Å². The number of benzene rings is 1. The third kappa shape index (κ3) is 3.62. The first-order valence-corrected chi connectivity index (χ1v) is 6.46. The molecule has 0 bridgehead atoms. The van der Waals surface area contributed by atoms with Crippen LogP contribution in [0, 0.1) is 5.82 Å². The van der Waals surface area contributed by atoms with Crippen molar-refractivity contribution in [2.45, 2.75) is 13.1 Å². The zero-order valence-electron chi connectivity index (χ0n) is 10.1. The van der Waals surface area contributed by atoms with Crippen LogP contribution < -0.4 is 0 Å². The number of hydrogen-bond donors (Lipinski definition) is 0. The molecule has 94 valence electrons. The molecule has 1 aromatic carbocycles. The van der Waals surface area contributed by atoms with Crippen molar-refractivity contribution < 1.29 is 4.39 Å². The molecule has 2 rings (SSSR count). The van der Waals surface area contributed by atoms with E-state index in [0.29, 0.717) is 0 Å². The van der Waals surface area contributed by atoms with Gasteiger partial charge in [0, 0.05) is 30.0 Å². The fraction of sp³-hybridized carbons (Fsp3) is 0.214.